The van der Waals surface area contributed by atoms with Crippen LogP contribution in [0.15, 0.2) is 29.2 Å². The molecule has 2 rings (SSSR count). The van der Waals surface area contributed by atoms with Crippen LogP contribution >= 0.6 is 11.3 Å². The molecule has 0 bridgehead atoms. The van der Waals surface area contributed by atoms with E-state index in [1.165, 1.54) is 12.1 Å². The number of nitrogens with one attached hydrogen (secondary N) is 2. The summed E-state index contributed by atoms with van der Waals surface area (Å²) in [6.45, 7) is 5.30. The predicted molar refractivity (Wildman–Crippen MR) is 85.4 cm³/mol. The summed E-state index contributed by atoms with van der Waals surface area (Å²) in [5.74, 6) is -0.274. The van der Waals surface area contributed by atoms with Gasteiger partial charge < -0.3 is 5.32 Å². The molecule has 1 aromatic carbocycles. The Hall–Kier alpha value is -2.00. The second-order valence-electron chi connectivity index (χ2n) is 4.90. The number of carbonyl (C=O) groups is 1. The van der Waals surface area contributed by atoms with Gasteiger partial charge in [0.2, 0.25) is 11.0 Å². The number of nitrogens with zero attached hydrogens (tertiary/aromatic N) is 2. The number of benzene rings is 1. The largest absolute Gasteiger partial charge is 0.326 e. The highest BCUT2D eigenvalue weighted by Gasteiger charge is 2.16. The van der Waals surface area contributed by atoms with Crippen molar-refractivity contribution in [2.75, 3.05) is 10.0 Å². The zero-order valence-corrected chi connectivity index (χ0v) is 14.0. The van der Waals surface area contributed by atoms with Crippen LogP contribution in [0.2, 0.25) is 0 Å². The molecule has 9 heteroatoms. The molecule has 0 atom stereocenters. The number of aryl methyl sites for hydroxylation is 1. The van der Waals surface area contributed by atoms with Crippen LogP contribution < -0.4 is 10.0 Å². The van der Waals surface area contributed by atoms with Crippen molar-refractivity contribution in [3.05, 3.63) is 29.3 Å². The molecule has 2 N–H and O–H groups in total. The van der Waals surface area contributed by atoms with Gasteiger partial charge in [-0.3, -0.25) is 9.52 Å². The van der Waals surface area contributed by atoms with E-state index in [1.807, 2.05) is 0 Å². The van der Waals surface area contributed by atoms with E-state index in [2.05, 4.69) is 20.2 Å². The lowest BCUT2D eigenvalue weighted by molar-refractivity contribution is -0.118. The van der Waals surface area contributed by atoms with E-state index in [0.29, 0.717) is 10.7 Å². The lowest BCUT2D eigenvalue weighted by Gasteiger charge is -2.09. The highest BCUT2D eigenvalue weighted by atomic mass is 32.2. The Bertz CT molecular complexity index is 767. The zero-order chi connectivity index (χ0) is 16.3. The normalized spacial score (nSPS) is 11.5. The average Bonchev–Trinajstić information content (AvgIpc) is 2.83. The summed E-state index contributed by atoms with van der Waals surface area (Å²) in [5, 5.41) is 11.1. The fourth-order valence-electron chi connectivity index (χ4n) is 1.52. The Morgan fingerprint density at radius 1 is 1.18 bits per heavy atom. The van der Waals surface area contributed by atoms with E-state index >= 15 is 0 Å². The van der Waals surface area contributed by atoms with E-state index < -0.39 is 10.0 Å². The minimum atomic E-state index is -3.72. The van der Waals surface area contributed by atoms with Crippen molar-refractivity contribution in [1.82, 2.24) is 10.2 Å². The molecule has 7 nitrogen and oxygen atoms in total. The molecule has 1 aromatic heterocycles. The van der Waals surface area contributed by atoms with Crippen LogP contribution in [0.3, 0.4) is 0 Å². The molecule has 0 aliphatic rings. The number of hydrogen-bond donors (Lipinski definition) is 2. The topological polar surface area (TPSA) is 101 Å². The first-order valence-electron chi connectivity index (χ1n) is 6.52. The van der Waals surface area contributed by atoms with Gasteiger partial charge in [-0.2, -0.15) is 0 Å². The van der Waals surface area contributed by atoms with E-state index in [1.54, 1.807) is 32.9 Å². The van der Waals surface area contributed by atoms with Gasteiger partial charge in [0.25, 0.3) is 10.0 Å². The van der Waals surface area contributed by atoms with Gasteiger partial charge in [0, 0.05) is 11.6 Å². The van der Waals surface area contributed by atoms with E-state index in [-0.39, 0.29) is 21.9 Å². The lowest BCUT2D eigenvalue weighted by Crippen LogP contribution is -2.18. The molecule has 0 fully saturated rings. The summed E-state index contributed by atoms with van der Waals surface area (Å²) < 4.78 is 26.7. The Kier molecular flexibility index (Phi) is 4.77. The summed E-state index contributed by atoms with van der Waals surface area (Å²) in [7, 11) is -3.72. The molecule has 0 aliphatic carbocycles. The summed E-state index contributed by atoms with van der Waals surface area (Å²) in [5.41, 5.74) is 0.546. The van der Waals surface area contributed by atoms with Gasteiger partial charge in [0.1, 0.15) is 5.01 Å². The van der Waals surface area contributed by atoms with Crippen LogP contribution in [0.1, 0.15) is 18.9 Å². The Morgan fingerprint density at radius 2 is 1.82 bits per heavy atom. The second kappa shape index (κ2) is 6.41. The molecule has 0 unspecified atom stereocenters. The molecule has 22 heavy (non-hydrogen) atoms. The molecule has 0 saturated heterocycles. The minimum absolute atomic E-state index is 0.0860. The van der Waals surface area contributed by atoms with Gasteiger partial charge in [0.15, 0.2) is 0 Å². The Balaban J connectivity index is 2.13. The average molecular weight is 340 g/mol. The number of sulfonamides is 1. The third-order valence-corrected chi connectivity index (χ3v) is 4.94. The molecule has 1 heterocycles. The van der Waals surface area contributed by atoms with Gasteiger partial charge in [0.05, 0.1) is 4.90 Å². The monoisotopic (exact) mass is 340 g/mol. The van der Waals surface area contributed by atoms with Crippen molar-refractivity contribution < 1.29 is 13.2 Å². The van der Waals surface area contributed by atoms with Crippen molar-refractivity contribution in [2.45, 2.75) is 25.7 Å². The molecule has 0 aliphatic heterocycles. The molecule has 0 spiro atoms. The van der Waals surface area contributed by atoms with Crippen molar-refractivity contribution in [1.29, 1.82) is 0 Å². The van der Waals surface area contributed by atoms with Gasteiger partial charge in [-0.1, -0.05) is 25.2 Å². The molecular formula is C13H16N4O3S2. The maximum atomic E-state index is 12.2. The molecule has 0 radical (unpaired) electrons. The summed E-state index contributed by atoms with van der Waals surface area (Å²) in [6.07, 6.45) is 0. The molecule has 1 amide bonds. The molecule has 0 saturated carbocycles. The number of amides is 1. The first-order valence-corrected chi connectivity index (χ1v) is 8.82. The SMILES string of the molecule is Cc1nnc(NS(=O)(=O)c2ccc(NC(=O)C(C)C)cc2)s1. The first kappa shape index (κ1) is 16.4. The standard InChI is InChI=1S/C13H16N4O3S2/c1-8(2)12(18)14-10-4-6-11(7-5-10)22(19,20)17-13-16-15-9(3)21-13/h4-8H,1-3H3,(H,14,18)(H,16,17). The van der Waals surface area contributed by atoms with Crippen LogP contribution in [-0.4, -0.2) is 24.5 Å². The van der Waals surface area contributed by atoms with Crippen LogP contribution in [0, 0.1) is 12.8 Å². The Labute approximate surface area is 132 Å². The summed E-state index contributed by atoms with van der Waals surface area (Å²) in [6, 6.07) is 5.93. The second-order valence-corrected chi connectivity index (χ2v) is 7.76. The lowest BCUT2D eigenvalue weighted by atomic mass is 10.2. The molecule has 2 aromatic rings. The number of carbonyl (C=O) groups excluding carboxylic acids is 1. The van der Waals surface area contributed by atoms with E-state index in [0.717, 1.165) is 11.3 Å². The quantitative estimate of drug-likeness (QED) is 0.869. The third-order valence-electron chi connectivity index (χ3n) is 2.70. The number of hydrogen-bond acceptors (Lipinski definition) is 6. The van der Waals surface area contributed by atoms with Gasteiger partial charge >= 0.3 is 0 Å². The van der Waals surface area contributed by atoms with Gasteiger partial charge in [-0.05, 0) is 31.2 Å². The van der Waals surface area contributed by atoms with Crippen LogP contribution in [0.25, 0.3) is 0 Å². The van der Waals surface area contributed by atoms with Crippen LogP contribution in [0.4, 0.5) is 10.8 Å². The van der Waals surface area contributed by atoms with Gasteiger partial charge in [-0.25, -0.2) is 8.42 Å². The predicted octanol–water partition coefficient (Wildman–Crippen LogP) is 2.24. The minimum Gasteiger partial charge on any atom is -0.326 e. The number of anilines is 2. The smallest absolute Gasteiger partial charge is 0.263 e. The van der Waals surface area contributed by atoms with E-state index in [9.17, 15) is 13.2 Å². The van der Waals surface area contributed by atoms with Gasteiger partial charge in [-0.15, -0.1) is 10.2 Å². The highest BCUT2D eigenvalue weighted by molar-refractivity contribution is 7.93. The van der Waals surface area contributed by atoms with E-state index in [4.69, 9.17) is 0 Å². The number of rotatable bonds is 5. The maximum absolute atomic E-state index is 12.2. The summed E-state index contributed by atoms with van der Waals surface area (Å²) >= 11 is 1.15. The molecule has 118 valence electrons. The summed E-state index contributed by atoms with van der Waals surface area (Å²) in [4.78, 5) is 11.7. The third kappa shape index (κ3) is 4.01. The Morgan fingerprint density at radius 3 is 2.32 bits per heavy atom. The van der Waals surface area contributed by atoms with Crippen LogP contribution in [0.5, 0.6) is 0 Å². The van der Waals surface area contributed by atoms with Crippen molar-refractivity contribution in [3.8, 4) is 0 Å². The number of aromatic nitrogens is 2. The van der Waals surface area contributed by atoms with Crippen molar-refractivity contribution in [3.63, 3.8) is 0 Å². The first-order chi connectivity index (χ1) is 10.3. The molecular weight excluding hydrogens is 324 g/mol. The fourth-order valence-corrected chi connectivity index (χ4v) is 3.34. The fraction of sp³-hybridized carbons (Fsp3) is 0.308. The van der Waals surface area contributed by atoms with Crippen molar-refractivity contribution in [2.24, 2.45) is 5.92 Å². The highest BCUT2D eigenvalue weighted by Crippen LogP contribution is 2.20. The maximum Gasteiger partial charge on any atom is 0.263 e. The zero-order valence-electron chi connectivity index (χ0n) is 12.3. The van der Waals surface area contributed by atoms with Crippen molar-refractivity contribution >= 4 is 38.1 Å². The van der Waals surface area contributed by atoms with Crippen LogP contribution in [-0.2, 0) is 14.8 Å².